The number of thiol groups is 2. The Hall–Kier alpha value is -2.70. The highest BCUT2D eigenvalue weighted by Gasteiger charge is 2.51. The molecule has 3 aliphatic rings. The standard InChI is InChI=1S/C20H23FN8O9P2S2/c21-12-9(26-11-1-2-23-6-24-11)3-8-4-34-39(32,41)38-16-14(30)10(5-35-40(33,42)37-15(8)12)36-19(16)29-7-25-13-17(29)27-20(22)28-18(13)31/h1-2,5-9,12,14-16,19,30H,3-4H2,(H,32,41)(H,33,42)(H,23,24,26)(H3,22,27,28,31)/b10-5+/t8-,9-,12-,14-,15-,16-,19-,39?,40?/m1/s1. The number of nitrogens with two attached hydrogens (primary N) is 1. The zero-order chi connectivity index (χ0) is 29.8. The molecule has 6 rings (SSSR count). The van der Waals surface area contributed by atoms with E-state index >= 15 is 4.39 Å². The van der Waals surface area contributed by atoms with Crippen LogP contribution in [0.2, 0.25) is 0 Å². The van der Waals surface area contributed by atoms with Gasteiger partial charge in [-0.05, 0) is 24.7 Å². The number of rotatable bonds is 3. The average molecular weight is 665 g/mol. The van der Waals surface area contributed by atoms with E-state index in [2.05, 4.69) is 54.7 Å². The molecule has 2 aliphatic heterocycles. The summed E-state index contributed by atoms with van der Waals surface area (Å²) < 4.78 is 71.0. The molecule has 5 heterocycles. The quantitative estimate of drug-likeness (QED) is 0.174. The molecule has 1 aliphatic carbocycles. The fourth-order valence-electron chi connectivity index (χ4n) is 4.91. The van der Waals surface area contributed by atoms with Gasteiger partial charge in [0.05, 0.1) is 12.6 Å². The molecule has 2 unspecified atom stereocenters. The van der Waals surface area contributed by atoms with E-state index < -0.39 is 68.4 Å². The molecule has 1 saturated heterocycles. The molecule has 3 aromatic heterocycles. The average Bonchev–Trinajstić information content (AvgIpc) is 3.57. The number of nitrogens with one attached hydrogen (secondary N) is 2. The second kappa shape index (κ2) is 11.1. The number of alkyl halides is 1. The van der Waals surface area contributed by atoms with E-state index in [1.165, 1.54) is 29.5 Å². The summed E-state index contributed by atoms with van der Waals surface area (Å²) in [6.07, 6.45) is -2.96. The first kappa shape index (κ1) is 29.4. The fourth-order valence-corrected chi connectivity index (χ4v) is 7.75. The van der Waals surface area contributed by atoms with Crippen molar-refractivity contribution in [3.8, 4) is 0 Å². The molecule has 0 spiro atoms. The number of H-pyrrole nitrogens is 1. The van der Waals surface area contributed by atoms with Crippen LogP contribution >= 0.6 is 38.1 Å². The number of aromatic nitrogens is 6. The summed E-state index contributed by atoms with van der Waals surface area (Å²) in [5.74, 6) is -1.08. The highest BCUT2D eigenvalue weighted by Crippen LogP contribution is 2.60. The SMILES string of the molecule is Nc1nc2c(ncn2[C@@H]2O/C3=C/OP(=O)(S)O[C@@H]4[C@@H](COP(=O)(S)O[C@@H]2[C@@H]3O)C[C@@H](Nc2ccncn2)[C@H]4F)c(=O)[nH]1. The predicted molar refractivity (Wildman–Crippen MR) is 149 cm³/mol. The molecule has 0 radical (unpaired) electrons. The lowest BCUT2D eigenvalue weighted by Gasteiger charge is -2.26. The van der Waals surface area contributed by atoms with Gasteiger partial charge >= 0.3 is 13.6 Å². The molecule has 5 N–H and O–H groups in total. The van der Waals surface area contributed by atoms with Gasteiger partial charge in [-0.2, -0.15) is 4.98 Å². The number of nitrogens with zero attached hydrogens (tertiary/aromatic N) is 5. The number of aromatic amines is 1. The molecule has 1 saturated carbocycles. The number of aliphatic hydroxyl groups excluding tert-OH is 1. The molecular weight excluding hydrogens is 641 g/mol. The van der Waals surface area contributed by atoms with Crippen molar-refractivity contribution in [3.63, 3.8) is 0 Å². The van der Waals surface area contributed by atoms with E-state index in [1.54, 1.807) is 0 Å². The maximum absolute atomic E-state index is 15.6. The van der Waals surface area contributed by atoms with Crippen LogP contribution in [0.25, 0.3) is 11.2 Å². The van der Waals surface area contributed by atoms with E-state index in [9.17, 15) is 19.0 Å². The lowest BCUT2D eigenvalue weighted by Crippen LogP contribution is -2.33. The Morgan fingerprint density at radius 3 is 2.76 bits per heavy atom. The molecule has 2 fully saturated rings. The van der Waals surface area contributed by atoms with Crippen LogP contribution in [0.1, 0.15) is 12.6 Å². The van der Waals surface area contributed by atoms with E-state index in [0.29, 0.717) is 5.82 Å². The van der Waals surface area contributed by atoms with Crippen molar-refractivity contribution >= 4 is 61.0 Å². The largest absolute Gasteiger partial charge is 0.465 e. The summed E-state index contributed by atoms with van der Waals surface area (Å²) in [5, 5.41) is 13.9. The summed E-state index contributed by atoms with van der Waals surface area (Å²) in [6.45, 7) is -9.06. The molecule has 3 aromatic rings. The molecule has 2 bridgehead atoms. The van der Waals surface area contributed by atoms with Crippen molar-refractivity contribution in [2.24, 2.45) is 5.92 Å². The molecule has 226 valence electrons. The highest BCUT2D eigenvalue weighted by molar-refractivity contribution is 8.44. The van der Waals surface area contributed by atoms with E-state index in [1.807, 2.05) is 0 Å². The number of imidazole rings is 1. The minimum Gasteiger partial charge on any atom is -0.465 e. The highest BCUT2D eigenvalue weighted by atomic mass is 32.7. The topological polar surface area (TPSA) is 228 Å². The van der Waals surface area contributed by atoms with Crippen molar-refractivity contribution in [1.29, 1.82) is 0 Å². The van der Waals surface area contributed by atoms with Crippen molar-refractivity contribution in [1.82, 2.24) is 29.5 Å². The number of anilines is 2. The zero-order valence-electron chi connectivity index (χ0n) is 21.0. The molecule has 0 amide bonds. The van der Waals surface area contributed by atoms with Gasteiger partial charge in [0.25, 0.3) is 5.56 Å². The van der Waals surface area contributed by atoms with Crippen LogP contribution in [-0.2, 0) is 32.0 Å². The third-order valence-corrected chi connectivity index (χ3v) is 9.83. The third kappa shape index (κ3) is 5.77. The van der Waals surface area contributed by atoms with Crippen molar-refractivity contribution in [3.05, 3.63) is 47.3 Å². The number of ether oxygens (including phenoxy) is 1. The lowest BCUT2D eigenvalue weighted by molar-refractivity contribution is -0.00631. The van der Waals surface area contributed by atoms with Crippen molar-refractivity contribution in [2.75, 3.05) is 17.7 Å². The Kier molecular flexibility index (Phi) is 7.76. The van der Waals surface area contributed by atoms with Crippen LogP contribution in [0.15, 0.2) is 41.7 Å². The molecule has 42 heavy (non-hydrogen) atoms. The number of aliphatic hydroxyl groups is 1. The fraction of sp³-hybridized carbons (Fsp3) is 0.450. The first-order valence-corrected chi connectivity index (χ1v) is 17.6. The Labute approximate surface area is 245 Å². The van der Waals surface area contributed by atoms with E-state index in [0.717, 1.165) is 6.26 Å². The van der Waals surface area contributed by atoms with Crippen LogP contribution < -0.4 is 16.6 Å². The van der Waals surface area contributed by atoms with Gasteiger partial charge in [0.2, 0.25) is 12.2 Å². The first-order valence-electron chi connectivity index (χ1n) is 12.2. The first-order chi connectivity index (χ1) is 19.9. The Morgan fingerprint density at radius 2 is 2.00 bits per heavy atom. The van der Waals surface area contributed by atoms with Crippen LogP contribution in [0, 0.1) is 5.92 Å². The number of hydrogen-bond donors (Lipinski definition) is 6. The number of hydrogen-bond acceptors (Lipinski definition) is 15. The van der Waals surface area contributed by atoms with Gasteiger partial charge in [-0.3, -0.25) is 23.4 Å². The van der Waals surface area contributed by atoms with Crippen LogP contribution in [0.5, 0.6) is 0 Å². The van der Waals surface area contributed by atoms with Gasteiger partial charge < -0.3 is 29.9 Å². The summed E-state index contributed by atoms with van der Waals surface area (Å²) in [4.78, 5) is 30.5. The van der Waals surface area contributed by atoms with Crippen molar-refractivity contribution < 1.29 is 41.5 Å². The maximum atomic E-state index is 15.6. The maximum Gasteiger partial charge on any atom is 0.437 e. The van der Waals surface area contributed by atoms with Crippen LogP contribution in [0.3, 0.4) is 0 Å². The van der Waals surface area contributed by atoms with E-state index in [-0.39, 0.29) is 29.3 Å². The number of nitrogen functional groups attached to an aromatic ring is 1. The lowest BCUT2D eigenvalue weighted by atomic mass is 10.1. The van der Waals surface area contributed by atoms with Gasteiger partial charge in [0, 0.05) is 12.1 Å². The molecule has 17 nitrogen and oxygen atoms in total. The van der Waals surface area contributed by atoms with Gasteiger partial charge in [-0.15, -0.1) is 0 Å². The molecular formula is C20H23FN8O9P2S2. The molecule has 0 aromatic carbocycles. The van der Waals surface area contributed by atoms with Crippen molar-refractivity contribution in [2.45, 2.75) is 43.2 Å². The second-order valence-corrected chi connectivity index (χ2v) is 15.2. The molecule has 9 atom stereocenters. The minimum absolute atomic E-state index is 0.0477. The van der Waals surface area contributed by atoms with Gasteiger partial charge in [0.1, 0.15) is 43.1 Å². The second-order valence-electron chi connectivity index (χ2n) is 9.51. The number of fused-ring (bicyclic) bond motifs is 4. The summed E-state index contributed by atoms with van der Waals surface area (Å²) >= 11 is 8.02. The van der Waals surface area contributed by atoms with Gasteiger partial charge in [-0.25, -0.2) is 28.5 Å². The Bertz CT molecular complexity index is 1680. The summed E-state index contributed by atoms with van der Waals surface area (Å²) in [5.41, 5.74) is 4.87. The number of halogens is 1. The monoisotopic (exact) mass is 664 g/mol. The smallest absolute Gasteiger partial charge is 0.437 e. The van der Waals surface area contributed by atoms with Gasteiger partial charge in [-0.1, -0.05) is 12.2 Å². The zero-order valence-corrected chi connectivity index (χ0v) is 24.6. The summed E-state index contributed by atoms with van der Waals surface area (Å²) in [7, 11) is 0. The van der Waals surface area contributed by atoms with Crippen LogP contribution in [-0.4, -0.2) is 71.7 Å². The Morgan fingerprint density at radius 1 is 1.21 bits per heavy atom. The summed E-state index contributed by atoms with van der Waals surface area (Å²) in [6, 6.07) is 0.662. The molecule has 22 heteroatoms. The van der Waals surface area contributed by atoms with Crippen LogP contribution in [0.4, 0.5) is 16.2 Å². The Balaban J connectivity index is 1.32. The normalized spacial score (nSPS) is 38.2. The van der Waals surface area contributed by atoms with E-state index in [4.69, 9.17) is 28.6 Å². The minimum atomic E-state index is -4.34. The predicted octanol–water partition coefficient (Wildman–Crippen LogP) is 1.95. The third-order valence-electron chi connectivity index (χ3n) is 6.76. The van der Waals surface area contributed by atoms with Gasteiger partial charge in [0.15, 0.2) is 23.0 Å².